The minimum absolute atomic E-state index is 0.0111. The zero-order valence-electron chi connectivity index (χ0n) is 16.2. The van der Waals surface area contributed by atoms with Gasteiger partial charge < -0.3 is 20.8 Å². The van der Waals surface area contributed by atoms with Gasteiger partial charge in [-0.3, -0.25) is 14.9 Å². The lowest BCUT2D eigenvalue weighted by molar-refractivity contribution is -0.192. The van der Waals surface area contributed by atoms with Gasteiger partial charge in [0.05, 0.1) is 10.6 Å². The van der Waals surface area contributed by atoms with Crippen molar-refractivity contribution in [3.05, 3.63) is 22.9 Å². The van der Waals surface area contributed by atoms with E-state index in [-0.39, 0.29) is 12.1 Å². The molecule has 0 radical (unpaired) electrons. The Hall–Kier alpha value is -3.36. The van der Waals surface area contributed by atoms with Gasteiger partial charge in [0, 0.05) is 18.3 Å². The monoisotopic (exact) mass is 477 g/mol. The number of halogens is 3. The van der Waals surface area contributed by atoms with Crippen LogP contribution in [0.15, 0.2) is 17.2 Å². The summed E-state index contributed by atoms with van der Waals surface area (Å²) in [4.78, 5) is 51.1. The van der Waals surface area contributed by atoms with Crippen LogP contribution in [0.5, 0.6) is 0 Å². The second-order valence-electron chi connectivity index (χ2n) is 6.60. The summed E-state index contributed by atoms with van der Waals surface area (Å²) in [5, 5.41) is 23.4. The molecule has 2 heterocycles. The average Bonchev–Trinajstić information content (AvgIpc) is 3.00. The topological polar surface area (TPSA) is 171 Å². The van der Waals surface area contributed by atoms with Gasteiger partial charge >= 0.3 is 18.2 Å². The van der Waals surface area contributed by atoms with E-state index in [4.69, 9.17) is 15.0 Å². The molecule has 0 aromatic carbocycles. The van der Waals surface area contributed by atoms with Crippen molar-refractivity contribution in [2.24, 2.45) is 0 Å². The van der Waals surface area contributed by atoms with Gasteiger partial charge in [-0.25, -0.2) is 19.6 Å². The number of rotatable bonds is 4. The van der Waals surface area contributed by atoms with E-state index in [1.54, 1.807) is 18.3 Å². The highest BCUT2D eigenvalue weighted by molar-refractivity contribution is 8.18. The van der Waals surface area contributed by atoms with Crippen LogP contribution in [0.2, 0.25) is 0 Å². The molecule has 2 fully saturated rings. The number of carboxylic acids is 1. The molecule has 0 bridgehead atoms. The van der Waals surface area contributed by atoms with Crippen LogP contribution >= 0.6 is 11.8 Å². The molecule has 15 heteroatoms. The van der Waals surface area contributed by atoms with Crippen molar-refractivity contribution in [3.8, 4) is 0 Å². The summed E-state index contributed by atoms with van der Waals surface area (Å²) in [7, 11) is 0. The molecule has 0 spiro atoms. The first-order valence-electron chi connectivity index (χ1n) is 9.08. The zero-order valence-corrected chi connectivity index (χ0v) is 17.0. The number of carbonyl (C=O) groups is 4. The number of thioether (sulfide) groups is 1. The summed E-state index contributed by atoms with van der Waals surface area (Å²) in [6.45, 7) is 0. The summed E-state index contributed by atoms with van der Waals surface area (Å²) in [6, 6.07) is 1.81. The maximum atomic E-state index is 11.6. The number of carbonyl (C=O) groups excluding carboxylic acids is 2. The highest BCUT2D eigenvalue weighted by Crippen LogP contribution is 2.25. The number of anilines is 1. The molecule has 2 aliphatic rings. The number of alkyl halides is 3. The summed E-state index contributed by atoms with van der Waals surface area (Å²) in [6.07, 6.45) is 0.190. The Morgan fingerprint density at radius 2 is 1.75 bits per heavy atom. The standard InChI is InChI=1S/C15H17N5O4S.C2HF3O2/c21-12-11(25-15(24)20-12)7-10-5-6-16-13(18-10)17-8-1-3-9(4-2-8)19-14(22)23;3-2(4,5)1(6)7/h5-9,19H,1-4H2,(H,22,23)(H,16,17,18)(H,20,21,24);(H,6,7)/t8-,9-;. The normalized spacial score (nSPS) is 21.9. The maximum Gasteiger partial charge on any atom is 0.490 e. The van der Waals surface area contributed by atoms with E-state index in [9.17, 15) is 27.6 Å². The van der Waals surface area contributed by atoms with Gasteiger partial charge in [-0.15, -0.1) is 0 Å². The number of carboxylic acid groups (broad SMARTS) is 2. The summed E-state index contributed by atoms with van der Waals surface area (Å²) >= 11 is 0.841. The van der Waals surface area contributed by atoms with E-state index in [1.165, 1.54) is 0 Å². The lowest BCUT2D eigenvalue weighted by atomic mass is 9.91. The molecule has 0 unspecified atom stereocenters. The molecule has 1 saturated carbocycles. The molecule has 5 N–H and O–H groups in total. The van der Waals surface area contributed by atoms with E-state index in [1.807, 2.05) is 0 Å². The largest absolute Gasteiger partial charge is 0.490 e. The van der Waals surface area contributed by atoms with Crippen molar-refractivity contribution in [2.45, 2.75) is 43.9 Å². The molecule has 1 aromatic rings. The highest BCUT2D eigenvalue weighted by Gasteiger charge is 2.38. The third kappa shape index (κ3) is 8.05. The zero-order chi connectivity index (χ0) is 23.9. The van der Waals surface area contributed by atoms with Gasteiger partial charge in [0.25, 0.3) is 11.1 Å². The Balaban J connectivity index is 0.000000451. The predicted molar refractivity (Wildman–Crippen MR) is 106 cm³/mol. The van der Waals surface area contributed by atoms with Gasteiger partial charge in [0.1, 0.15) is 0 Å². The van der Waals surface area contributed by atoms with Crippen molar-refractivity contribution >= 4 is 47.0 Å². The van der Waals surface area contributed by atoms with Crippen LogP contribution in [-0.4, -0.2) is 61.6 Å². The first-order chi connectivity index (χ1) is 14.9. The van der Waals surface area contributed by atoms with E-state index in [2.05, 4.69) is 25.9 Å². The first kappa shape index (κ1) is 24.9. The fourth-order valence-electron chi connectivity index (χ4n) is 2.82. The Morgan fingerprint density at radius 3 is 2.25 bits per heavy atom. The lowest BCUT2D eigenvalue weighted by Gasteiger charge is -2.28. The number of aliphatic carboxylic acids is 1. The fraction of sp³-hybridized carbons (Fsp3) is 0.412. The number of aromatic nitrogens is 2. The van der Waals surface area contributed by atoms with Gasteiger partial charge in [0.15, 0.2) is 0 Å². The molecule has 1 saturated heterocycles. The van der Waals surface area contributed by atoms with Crippen LogP contribution in [0.1, 0.15) is 31.4 Å². The molecule has 3 rings (SSSR count). The first-order valence-corrected chi connectivity index (χ1v) is 9.89. The summed E-state index contributed by atoms with van der Waals surface area (Å²) in [5.74, 6) is -2.74. The maximum absolute atomic E-state index is 11.6. The van der Waals surface area contributed by atoms with Crippen LogP contribution in [0.3, 0.4) is 0 Å². The van der Waals surface area contributed by atoms with Crippen molar-refractivity contribution < 1.29 is 42.6 Å². The third-order valence-electron chi connectivity index (χ3n) is 4.23. The van der Waals surface area contributed by atoms with Gasteiger partial charge in [-0.05, 0) is 49.6 Å². The number of nitrogens with one attached hydrogen (secondary N) is 3. The number of hydrogen-bond donors (Lipinski definition) is 5. The number of amides is 3. The van der Waals surface area contributed by atoms with Gasteiger partial charge in [0.2, 0.25) is 5.95 Å². The van der Waals surface area contributed by atoms with Crippen LogP contribution in [0.4, 0.5) is 28.7 Å². The quantitative estimate of drug-likeness (QED) is 0.406. The smallest absolute Gasteiger partial charge is 0.475 e. The van der Waals surface area contributed by atoms with Crippen molar-refractivity contribution in [3.63, 3.8) is 0 Å². The van der Waals surface area contributed by atoms with Crippen molar-refractivity contribution in [1.82, 2.24) is 20.6 Å². The van der Waals surface area contributed by atoms with Crippen LogP contribution in [0.25, 0.3) is 6.08 Å². The van der Waals surface area contributed by atoms with Crippen molar-refractivity contribution in [1.29, 1.82) is 0 Å². The summed E-state index contributed by atoms with van der Waals surface area (Å²) < 4.78 is 31.7. The fourth-order valence-corrected chi connectivity index (χ4v) is 3.48. The van der Waals surface area contributed by atoms with Crippen LogP contribution in [0, 0.1) is 0 Å². The Kier molecular flexibility index (Phi) is 8.40. The number of imide groups is 1. The average molecular weight is 477 g/mol. The van der Waals surface area contributed by atoms with E-state index in [0.717, 1.165) is 37.4 Å². The van der Waals surface area contributed by atoms with Crippen LogP contribution in [-0.2, 0) is 9.59 Å². The minimum atomic E-state index is -5.08. The molecule has 11 nitrogen and oxygen atoms in total. The molecule has 0 atom stereocenters. The predicted octanol–water partition coefficient (Wildman–Crippen LogP) is 2.42. The number of hydrogen-bond acceptors (Lipinski definition) is 8. The van der Waals surface area contributed by atoms with E-state index in [0.29, 0.717) is 16.5 Å². The lowest BCUT2D eigenvalue weighted by Crippen LogP contribution is -2.39. The molecule has 1 aliphatic heterocycles. The van der Waals surface area contributed by atoms with Crippen molar-refractivity contribution in [2.75, 3.05) is 5.32 Å². The highest BCUT2D eigenvalue weighted by atomic mass is 32.2. The Morgan fingerprint density at radius 1 is 1.16 bits per heavy atom. The van der Waals surface area contributed by atoms with Gasteiger partial charge in [-0.1, -0.05) is 0 Å². The summed E-state index contributed by atoms with van der Waals surface area (Å²) in [5.41, 5.74) is 0.533. The van der Waals surface area contributed by atoms with Crippen LogP contribution < -0.4 is 16.0 Å². The van der Waals surface area contributed by atoms with E-state index >= 15 is 0 Å². The molecule has 32 heavy (non-hydrogen) atoms. The van der Waals surface area contributed by atoms with Gasteiger partial charge in [-0.2, -0.15) is 13.2 Å². The Labute approximate surface area is 182 Å². The molecular weight excluding hydrogens is 459 g/mol. The Bertz CT molecular complexity index is 918. The second kappa shape index (κ2) is 10.8. The van der Waals surface area contributed by atoms with E-state index < -0.39 is 29.4 Å². The SMILES string of the molecule is O=C(O)C(F)(F)F.O=C(O)N[C@H]1CC[C@H](Nc2nccc(C=C3SC(=O)NC3=O)n2)CC1. The molecule has 174 valence electrons. The number of nitrogens with zero attached hydrogens (tertiary/aromatic N) is 2. The second-order valence-corrected chi connectivity index (χ2v) is 7.62. The minimum Gasteiger partial charge on any atom is -0.475 e. The molecule has 1 aromatic heterocycles. The third-order valence-corrected chi connectivity index (χ3v) is 5.04. The molecule has 3 amide bonds. The molecular formula is C17H18F3N5O6S. The molecule has 1 aliphatic carbocycles.